The largest absolute Gasteiger partial charge is 0.490 e. The average Bonchev–Trinajstić information content (AvgIpc) is 3.14. The van der Waals surface area contributed by atoms with Crippen LogP contribution >= 0.6 is 0 Å². The molecule has 2 aromatic carbocycles. The molecule has 5 heteroatoms. The van der Waals surface area contributed by atoms with E-state index < -0.39 is 0 Å². The molecule has 3 aromatic rings. The third-order valence-electron chi connectivity index (χ3n) is 4.55. The first-order valence-corrected chi connectivity index (χ1v) is 9.77. The van der Waals surface area contributed by atoms with E-state index in [0.717, 1.165) is 44.9 Å². The summed E-state index contributed by atoms with van der Waals surface area (Å²) in [6.45, 7) is 16.3. The molecule has 0 amide bonds. The zero-order valence-corrected chi connectivity index (χ0v) is 18.0. The van der Waals surface area contributed by atoms with E-state index in [1.54, 1.807) is 6.08 Å². The predicted molar refractivity (Wildman–Crippen MR) is 116 cm³/mol. The monoisotopic (exact) mass is 392 g/mol. The van der Waals surface area contributed by atoms with Crippen molar-refractivity contribution in [1.29, 1.82) is 0 Å². The van der Waals surface area contributed by atoms with Gasteiger partial charge in [0, 0.05) is 11.1 Å². The zero-order valence-electron chi connectivity index (χ0n) is 18.0. The van der Waals surface area contributed by atoms with Crippen molar-refractivity contribution in [2.75, 3.05) is 6.61 Å². The minimum Gasteiger partial charge on any atom is -0.490 e. The molecule has 0 aliphatic heterocycles. The van der Waals surface area contributed by atoms with Gasteiger partial charge in [-0.1, -0.05) is 17.8 Å². The van der Waals surface area contributed by atoms with Gasteiger partial charge >= 0.3 is 0 Å². The Hall–Kier alpha value is -3.08. The molecule has 0 fully saturated rings. The third kappa shape index (κ3) is 4.50. The standard InChI is InChI=1S/C24H28N2O3/c1-8-9-27-21-15(4)10-19(11-16(21)5)23-25-24(29-26-23)20-12-17(6)22(18(7)13-20)28-14(2)3/h8,10-14H,1,9H2,2-7H3. The lowest BCUT2D eigenvalue weighted by Gasteiger charge is -2.15. The Morgan fingerprint density at radius 3 is 2.03 bits per heavy atom. The van der Waals surface area contributed by atoms with E-state index in [4.69, 9.17) is 14.0 Å². The minimum atomic E-state index is 0.123. The summed E-state index contributed by atoms with van der Waals surface area (Å²) >= 11 is 0. The van der Waals surface area contributed by atoms with E-state index >= 15 is 0 Å². The summed E-state index contributed by atoms with van der Waals surface area (Å²) in [7, 11) is 0. The maximum absolute atomic E-state index is 5.92. The molecule has 0 atom stereocenters. The number of aromatic nitrogens is 2. The van der Waals surface area contributed by atoms with Crippen LogP contribution in [0, 0.1) is 27.7 Å². The molecule has 1 heterocycles. The van der Waals surface area contributed by atoms with Crippen LogP contribution in [0.4, 0.5) is 0 Å². The summed E-state index contributed by atoms with van der Waals surface area (Å²) in [5.74, 6) is 2.82. The normalized spacial score (nSPS) is 11.0. The molecule has 1 aromatic heterocycles. The van der Waals surface area contributed by atoms with E-state index in [2.05, 4.69) is 16.7 Å². The second-order valence-corrected chi connectivity index (χ2v) is 7.57. The second kappa shape index (κ2) is 8.52. The third-order valence-corrected chi connectivity index (χ3v) is 4.55. The fourth-order valence-corrected chi connectivity index (χ4v) is 3.40. The van der Waals surface area contributed by atoms with Gasteiger partial charge in [-0.05, 0) is 88.1 Å². The molecule has 0 unspecified atom stereocenters. The van der Waals surface area contributed by atoms with Gasteiger partial charge in [0.05, 0.1) is 6.10 Å². The highest BCUT2D eigenvalue weighted by atomic mass is 16.5. The molecule has 0 bridgehead atoms. The lowest BCUT2D eigenvalue weighted by Crippen LogP contribution is -2.08. The van der Waals surface area contributed by atoms with Crippen LogP contribution in [0.3, 0.4) is 0 Å². The van der Waals surface area contributed by atoms with E-state index in [0.29, 0.717) is 18.3 Å². The number of aryl methyl sites for hydroxylation is 4. The molecule has 5 nitrogen and oxygen atoms in total. The molecule has 0 radical (unpaired) electrons. The van der Waals surface area contributed by atoms with Gasteiger partial charge in [-0.2, -0.15) is 4.98 Å². The van der Waals surface area contributed by atoms with Gasteiger partial charge < -0.3 is 14.0 Å². The zero-order chi connectivity index (χ0) is 21.1. The van der Waals surface area contributed by atoms with Crippen LogP contribution in [-0.4, -0.2) is 22.9 Å². The lowest BCUT2D eigenvalue weighted by atomic mass is 10.0. The number of benzene rings is 2. The van der Waals surface area contributed by atoms with Crippen molar-refractivity contribution in [2.24, 2.45) is 0 Å². The molecule has 0 N–H and O–H groups in total. The van der Waals surface area contributed by atoms with E-state index in [9.17, 15) is 0 Å². The molecule has 29 heavy (non-hydrogen) atoms. The summed E-state index contributed by atoms with van der Waals surface area (Å²) in [5.41, 5.74) is 5.92. The van der Waals surface area contributed by atoms with Crippen LogP contribution in [0.2, 0.25) is 0 Å². The number of ether oxygens (including phenoxy) is 2. The van der Waals surface area contributed by atoms with Gasteiger partial charge in [-0.15, -0.1) is 0 Å². The topological polar surface area (TPSA) is 57.4 Å². The molecule has 0 saturated carbocycles. The Morgan fingerprint density at radius 2 is 1.48 bits per heavy atom. The number of nitrogens with zero attached hydrogens (tertiary/aromatic N) is 2. The first-order valence-electron chi connectivity index (χ1n) is 9.77. The maximum Gasteiger partial charge on any atom is 0.258 e. The molecule has 0 aliphatic carbocycles. The summed E-state index contributed by atoms with van der Waals surface area (Å²) in [6, 6.07) is 8.06. The first-order chi connectivity index (χ1) is 13.8. The number of hydrogen-bond donors (Lipinski definition) is 0. The number of rotatable bonds is 7. The Morgan fingerprint density at radius 1 is 0.931 bits per heavy atom. The van der Waals surface area contributed by atoms with Gasteiger partial charge in [-0.3, -0.25) is 0 Å². The Balaban J connectivity index is 1.93. The number of hydrogen-bond acceptors (Lipinski definition) is 5. The van der Waals surface area contributed by atoms with Crippen molar-refractivity contribution in [3.8, 4) is 34.3 Å². The van der Waals surface area contributed by atoms with E-state index in [1.807, 2.05) is 65.8 Å². The van der Waals surface area contributed by atoms with E-state index in [-0.39, 0.29) is 6.10 Å². The summed E-state index contributed by atoms with van der Waals surface area (Å²) in [5, 5.41) is 4.19. The molecule has 152 valence electrons. The smallest absolute Gasteiger partial charge is 0.258 e. The summed E-state index contributed by atoms with van der Waals surface area (Å²) < 4.78 is 17.2. The van der Waals surface area contributed by atoms with Crippen molar-refractivity contribution < 1.29 is 14.0 Å². The van der Waals surface area contributed by atoms with Crippen molar-refractivity contribution in [1.82, 2.24) is 10.1 Å². The molecule has 0 aliphatic rings. The van der Waals surface area contributed by atoms with Crippen LogP contribution in [0.25, 0.3) is 22.8 Å². The molecule has 0 saturated heterocycles. The predicted octanol–water partition coefficient (Wildman–Crippen LogP) is 5.99. The van der Waals surface area contributed by atoms with Crippen LogP contribution in [0.1, 0.15) is 36.1 Å². The Kier molecular flexibility index (Phi) is 6.06. The van der Waals surface area contributed by atoms with Crippen LogP contribution < -0.4 is 9.47 Å². The molecular weight excluding hydrogens is 364 g/mol. The maximum atomic E-state index is 5.92. The van der Waals surface area contributed by atoms with Gasteiger partial charge in [0.15, 0.2) is 0 Å². The average molecular weight is 392 g/mol. The van der Waals surface area contributed by atoms with Gasteiger partial charge in [0.1, 0.15) is 18.1 Å². The van der Waals surface area contributed by atoms with Gasteiger partial charge in [-0.25, -0.2) is 0 Å². The lowest BCUT2D eigenvalue weighted by molar-refractivity contribution is 0.239. The summed E-state index contributed by atoms with van der Waals surface area (Å²) in [6.07, 6.45) is 1.86. The van der Waals surface area contributed by atoms with Crippen LogP contribution in [0.5, 0.6) is 11.5 Å². The van der Waals surface area contributed by atoms with Crippen molar-refractivity contribution in [2.45, 2.75) is 47.6 Å². The minimum absolute atomic E-state index is 0.123. The molecular formula is C24H28N2O3. The fourth-order valence-electron chi connectivity index (χ4n) is 3.40. The highest BCUT2D eigenvalue weighted by molar-refractivity contribution is 5.65. The highest BCUT2D eigenvalue weighted by Crippen LogP contribution is 2.33. The fraction of sp³-hybridized carbons (Fsp3) is 0.333. The second-order valence-electron chi connectivity index (χ2n) is 7.57. The van der Waals surface area contributed by atoms with Crippen LogP contribution in [-0.2, 0) is 0 Å². The Labute approximate surface area is 172 Å². The first kappa shape index (κ1) is 20.6. The van der Waals surface area contributed by atoms with Gasteiger partial charge in [0.2, 0.25) is 5.82 Å². The summed E-state index contributed by atoms with van der Waals surface area (Å²) in [4.78, 5) is 4.62. The highest BCUT2D eigenvalue weighted by Gasteiger charge is 2.16. The van der Waals surface area contributed by atoms with E-state index in [1.165, 1.54) is 0 Å². The van der Waals surface area contributed by atoms with Crippen molar-refractivity contribution >= 4 is 0 Å². The molecule has 0 spiro atoms. The SMILES string of the molecule is C=CCOc1c(C)cc(-c2noc(-c3cc(C)c(OC(C)C)c(C)c3)n2)cc1C. The van der Waals surface area contributed by atoms with Crippen molar-refractivity contribution in [3.05, 3.63) is 59.2 Å². The van der Waals surface area contributed by atoms with Crippen molar-refractivity contribution in [3.63, 3.8) is 0 Å². The Bertz CT molecular complexity index is 988. The quantitative estimate of drug-likeness (QED) is 0.462. The van der Waals surface area contributed by atoms with Gasteiger partial charge in [0.25, 0.3) is 5.89 Å². The molecule has 3 rings (SSSR count). The van der Waals surface area contributed by atoms with Crippen LogP contribution in [0.15, 0.2) is 41.4 Å².